The molecule has 0 unspecified atom stereocenters. The standard InChI is InChI=1S/C21H22F5N5O2/c1-12(2)7-15-10-30(14-4-6-17(28-9-14)21(24,25)26)20(33)31(15)11-18(32)29-13-3-5-16(19(22)23)27-8-13/h3-6,8-9,12,15,19H,7,10-11H2,1-2H3,(H,29,32)/t15-/m0/s1. The van der Waals surface area contributed by atoms with Crippen LogP contribution in [0.4, 0.5) is 38.1 Å². The van der Waals surface area contributed by atoms with Gasteiger partial charge in [-0.2, -0.15) is 13.2 Å². The predicted octanol–water partition coefficient (Wildman–Crippen LogP) is 4.73. The maximum Gasteiger partial charge on any atom is 0.433 e. The van der Waals surface area contributed by atoms with Gasteiger partial charge in [-0.1, -0.05) is 13.8 Å². The van der Waals surface area contributed by atoms with Crippen molar-refractivity contribution in [2.75, 3.05) is 23.3 Å². The van der Waals surface area contributed by atoms with Crippen LogP contribution in [0.25, 0.3) is 0 Å². The molecule has 0 spiro atoms. The first-order valence-corrected chi connectivity index (χ1v) is 10.1. The molecule has 1 aliphatic heterocycles. The van der Waals surface area contributed by atoms with E-state index in [2.05, 4.69) is 15.3 Å². The molecule has 3 rings (SSSR count). The van der Waals surface area contributed by atoms with Gasteiger partial charge in [-0.05, 0) is 36.6 Å². The van der Waals surface area contributed by atoms with Gasteiger partial charge in [-0.3, -0.25) is 14.7 Å². The van der Waals surface area contributed by atoms with Crippen LogP contribution in [0.3, 0.4) is 0 Å². The summed E-state index contributed by atoms with van der Waals surface area (Å²) in [5, 5.41) is 2.51. The van der Waals surface area contributed by atoms with Gasteiger partial charge in [-0.25, -0.2) is 18.6 Å². The molecule has 0 saturated carbocycles. The molecule has 1 saturated heterocycles. The lowest BCUT2D eigenvalue weighted by atomic mass is 10.0. The van der Waals surface area contributed by atoms with Gasteiger partial charge < -0.3 is 10.2 Å². The third kappa shape index (κ3) is 5.93. The van der Waals surface area contributed by atoms with Crippen LogP contribution in [0.2, 0.25) is 0 Å². The minimum absolute atomic E-state index is 0.183. The van der Waals surface area contributed by atoms with Gasteiger partial charge in [0.05, 0.1) is 29.8 Å². The van der Waals surface area contributed by atoms with Gasteiger partial charge in [0, 0.05) is 6.54 Å². The molecule has 1 N–H and O–H groups in total. The Morgan fingerprint density at radius 1 is 1.15 bits per heavy atom. The summed E-state index contributed by atoms with van der Waals surface area (Å²) in [6.45, 7) is 3.75. The lowest BCUT2D eigenvalue weighted by Crippen LogP contribution is -2.41. The van der Waals surface area contributed by atoms with E-state index in [0.29, 0.717) is 6.42 Å². The van der Waals surface area contributed by atoms with Crippen LogP contribution in [-0.4, -0.2) is 45.9 Å². The fourth-order valence-electron chi connectivity index (χ4n) is 3.53. The van der Waals surface area contributed by atoms with Crippen LogP contribution in [0.15, 0.2) is 36.7 Å². The summed E-state index contributed by atoms with van der Waals surface area (Å²) in [5.41, 5.74) is -1.11. The Morgan fingerprint density at radius 3 is 2.39 bits per heavy atom. The molecular formula is C21H22F5N5O2. The van der Waals surface area contributed by atoms with Crippen molar-refractivity contribution in [3.63, 3.8) is 0 Å². The number of alkyl halides is 5. The molecule has 0 bridgehead atoms. The number of nitrogens with one attached hydrogen (secondary N) is 1. The van der Waals surface area contributed by atoms with Crippen molar-refractivity contribution < 1.29 is 31.5 Å². The Kier molecular flexibility index (Phi) is 7.13. The lowest BCUT2D eigenvalue weighted by Gasteiger charge is -2.23. The van der Waals surface area contributed by atoms with Crippen LogP contribution in [0.5, 0.6) is 0 Å². The van der Waals surface area contributed by atoms with Crippen LogP contribution in [0.1, 0.15) is 38.1 Å². The molecule has 7 nitrogen and oxygen atoms in total. The first kappa shape index (κ1) is 24.3. The normalized spacial score (nSPS) is 16.8. The summed E-state index contributed by atoms with van der Waals surface area (Å²) in [7, 11) is 0. The zero-order valence-electron chi connectivity index (χ0n) is 17.8. The van der Waals surface area contributed by atoms with Gasteiger partial charge in [0.15, 0.2) is 0 Å². The second-order valence-corrected chi connectivity index (χ2v) is 8.02. The number of anilines is 2. The molecule has 0 aromatic carbocycles. The zero-order valence-corrected chi connectivity index (χ0v) is 17.8. The summed E-state index contributed by atoms with van der Waals surface area (Å²) in [6, 6.07) is 3.44. The number of nitrogens with zero attached hydrogens (tertiary/aromatic N) is 4. The van der Waals surface area contributed by atoms with E-state index in [-0.39, 0.29) is 36.4 Å². The Morgan fingerprint density at radius 2 is 1.88 bits per heavy atom. The number of urea groups is 1. The highest BCUT2D eigenvalue weighted by Gasteiger charge is 2.40. The van der Waals surface area contributed by atoms with Crippen molar-refractivity contribution in [1.29, 1.82) is 0 Å². The monoisotopic (exact) mass is 471 g/mol. The predicted molar refractivity (Wildman–Crippen MR) is 110 cm³/mol. The van der Waals surface area contributed by atoms with Gasteiger partial charge in [0.25, 0.3) is 6.43 Å². The van der Waals surface area contributed by atoms with E-state index in [1.807, 2.05) is 13.8 Å². The molecule has 0 radical (unpaired) electrons. The Hall–Kier alpha value is -3.31. The minimum atomic E-state index is -4.60. The number of carbonyl (C=O) groups is 2. The fraction of sp³-hybridized carbons (Fsp3) is 0.429. The molecule has 2 aromatic rings. The van der Waals surface area contributed by atoms with Crippen molar-refractivity contribution in [1.82, 2.24) is 14.9 Å². The molecule has 1 atom stereocenters. The zero-order chi connectivity index (χ0) is 24.3. The maximum atomic E-state index is 13.0. The number of hydrogen-bond acceptors (Lipinski definition) is 4. The topological polar surface area (TPSA) is 78.4 Å². The van der Waals surface area contributed by atoms with Gasteiger partial charge in [-0.15, -0.1) is 0 Å². The van der Waals surface area contributed by atoms with E-state index in [1.54, 1.807) is 0 Å². The molecule has 3 heterocycles. The van der Waals surface area contributed by atoms with E-state index in [0.717, 1.165) is 24.5 Å². The number of rotatable bonds is 7. The van der Waals surface area contributed by atoms with Crippen LogP contribution in [-0.2, 0) is 11.0 Å². The Balaban J connectivity index is 1.73. The summed E-state index contributed by atoms with van der Waals surface area (Å²) < 4.78 is 63.6. The second kappa shape index (κ2) is 9.67. The first-order valence-electron chi connectivity index (χ1n) is 10.1. The number of halogens is 5. The van der Waals surface area contributed by atoms with Crippen LogP contribution < -0.4 is 10.2 Å². The van der Waals surface area contributed by atoms with Crippen LogP contribution >= 0.6 is 0 Å². The third-order valence-electron chi connectivity index (χ3n) is 5.01. The molecule has 178 valence electrons. The molecular weight excluding hydrogens is 449 g/mol. The van der Waals surface area contributed by atoms with E-state index in [9.17, 15) is 31.5 Å². The van der Waals surface area contributed by atoms with E-state index >= 15 is 0 Å². The lowest BCUT2D eigenvalue weighted by molar-refractivity contribution is -0.141. The van der Waals surface area contributed by atoms with E-state index in [4.69, 9.17) is 0 Å². The fourth-order valence-corrected chi connectivity index (χ4v) is 3.53. The molecule has 1 aliphatic rings. The Labute approximate surface area is 186 Å². The second-order valence-electron chi connectivity index (χ2n) is 8.02. The van der Waals surface area contributed by atoms with Crippen molar-refractivity contribution >= 4 is 23.3 Å². The molecule has 0 aliphatic carbocycles. The van der Waals surface area contributed by atoms with Crippen molar-refractivity contribution in [3.8, 4) is 0 Å². The largest absolute Gasteiger partial charge is 0.433 e. The van der Waals surface area contributed by atoms with Crippen molar-refractivity contribution in [2.24, 2.45) is 5.92 Å². The average molecular weight is 471 g/mol. The average Bonchev–Trinajstić information content (AvgIpc) is 3.02. The molecule has 3 amide bonds. The number of amides is 3. The van der Waals surface area contributed by atoms with Gasteiger partial charge in [0.1, 0.15) is 17.9 Å². The first-order chi connectivity index (χ1) is 15.5. The van der Waals surface area contributed by atoms with E-state index < -0.39 is 35.9 Å². The number of carbonyl (C=O) groups excluding carboxylic acids is 2. The van der Waals surface area contributed by atoms with Gasteiger partial charge in [0.2, 0.25) is 5.91 Å². The quantitative estimate of drug-likeness (QED) is 0.593. The highest BCUT2D eigenvalue weighted by molar-refractivity contribution is 5.99. The Bertz CT molecular complexity index is 980. The summed E-state index contributed by atoms with van der Waals surface area (Å²) in [4.78, 5) is 35.1. The third-order valence-corrected chi connectivity index (χ3v) is 5.01. The number of hydrogen-bond donors (Lipinski definition) is 1. The van der Waals surface area contributed by atoms with E-state index in [1.165, 1.54) is 21.9 Å². The van der Waals surface area contributed by atoms with Crippen molar-refractivity contribution in [2.45, 2.75) is 38.9 Å². The van der Waals surface area contributed by atoms with Crippen LogP contribution in [0, 0.1) is 5.92 Å². The molecule has 2 aromatic heterocycles. The smallest absolute Gasteiger partial charge is 0.323 e. The number of aromatic nitrogens is 2. The SMILES string of the molecule is CC(C)C[C@H]1CN(c2ccc(C(F)(F)F)nc2)C(=O)N1CC(=O)Nc1ccc(C(F)F)nc1. The van der Waals surface area contributed by atoms with Crippen molar-refractivity contribution in [3.05, 3.63) is 48.0 Å². The minimum Gasteiger partial charge on any atom is -0.323 e. The highest BCUT2D eigenvalue weighted by Crippen LogP contribution is 2.31. The maximum absolute atomic E-state index is 13.0. The summed E-state index contributed by atoms with van der Waals surface area (Å²) in [5.74, 6) is -0.374. The number of pyridine rings is 2. The molecule has 33 heavy (non-hydrogen) atoms. The summed E-state index contributed by atoms with van der Waals surface area (Å²) in [6.07, 6.45) is -4.70. The summed E-state index contributed by atoms with van der Waals surface area (Å²) >= 11 is 0. The van der Waals surface area contributed by atoms with Gasteiger partial charge >= 0.3 is 12.2 Å². The highest BCUT2D eigenvalue weighted by atomic mass is 19.4. The molecule has 1 fully saturated rings. The molecule has 12 heteroatoms.